The van der Waals surface area contributed by atoms with Gasteiger partial charge in [0.25, 0.3) is 0 Å². The second-order valence-electron chi connectivity index (χ2n) is 5.70. The number of pyridine rings is 1. The minimum atomic E-state index is 0.425. The van der Waals surface area contributed by atoms with E-state index in [1.807, 2.05) is 12.3 Å². The summed E-state index contributed by atoms with van der Waals surface area (Å²) in [4.78, 5) is 13.5. The normalized spacial score (nSPS) is 18.0. The lowest BCUT2D eigenvalue weighted by Gasteiger charge is -2.12. The molecule has 3 aromatic rings. The van der Waals surface area contributed by atoms with E-state index >= 15 is 0 Å². The number of nitrogens with one attached hydrogen (secondary N) is 2. The number of nitrogens with zero attached hydrogens (tertiary/aromatic N) is 4. The molecule has 4 heterocycles. The van der Waals surface area contributed by atoms with Gasteiger partial charge in [0.1, 0.15) is 17.2 Å². The van der Waals surface area contributed by atoms with Gasteiger partial charge < -0.3 is 10.6 Å². The van der Waals surface area contributed by atoms with Gasteiger partial charge in [-0.05, 0) is 31.5 Å². The van der Waals surface area contributed by atoms with Crippen LogP contribution in [0.4, 0.5) is 5.82 Å². The van der Waals surface area contributed by atoms with Gasteiger partial charge in [-0.15, -0.1) is 0 Å². The quantitative estimate of drug-likeness (QED) is 0.772. The summed E-state index contributed by atoms with van der Waals surface area (Å²) >= 11 is 0. The molecule has 1 atom stereocenters. The summed E-state index contributed by atoms with van der Waals surface area (Å²) in [7, 11) is 0. The molecule has 1 aliphatic rings. The van der Waals surface area contributed by atoms with Crippen LogP contribution in [0.3, 0.4) is 0 Å². The molecule has 22 heavy (non-hydrogen) atoms. The Hall–Kier alpha value is -2.47. The topological polar surface area (TPSA) is 67.1 Å². The van der Waals surface area contributed by atoms with E-state index in [2.05, 4.69) is 44.2 Å². The maximum absolute atomic E-state index is 4.70. The minimum Gasteiger partial charge on any atom is -0.365 e. The molecule has 1 fully saturated rings. The highest BCUT2D eigenvalue weighted by molar-refractivity contribution is 5.61. The van der Waals surface area contributed by atoms with E-state index < -0.39 is 0 Å². The lowest BCUT2D eigenvalue weighted by molar-refractivity contribution is 0.786. The van der Waals surface area contributed by atoms with Crippen LogP contribution in [-0.2, 0) is 0 Å². The van der Waals surface area contributed by atoms with Gasteiger partial charge in [-0.2, -0.15) is 0 Å². The fraction of sp³-hybridized carbons (Fsp3) is 0.312. The molecule has 0 bridgehead atoms. The van der Waals surface area contributed by atoms with Gasteiger partial charge in [0.15, 0.2) is 0 Å². The van der Waals surface area contributed by atoms with Crippen molar-refractivity contribution in [2.75, 3.05) is 18.4 Å². The summed E-state index contributed by atoms with van der Waals surface area (Å²) in [6, 6.07) is 4.50. The third kappa shape index (κ3) is 2.42. The molecule has 1 saturated heterocycles. The van der Waals surface area contributed by atoms with Gasteiger partial charge in [-0.3, -0.25) is 9.38 Å². The van der Waals surface area contributed by atoms with Crippen LogP contribution in [0.15, 0.2) is 36.9 Å². The Labute approximate surface area is 128 Å². The Balaban J connectivity index is 1.70. The summed E-state index contributed by atoms with van der Waals surface area (Å²) in [6.07, 6.45) is 8.58. The summed E-state index contributed by atoms with van der Waals surface area (Å²) in [5.74, 6) is 0.814. The molecule has 0 radical (unpaired) electrons. The zero-order valence-electron chi connectivity index (χ0n) is 12.5. The highest BCUT2D eigenvalue weighted by atomic mass is 15.1. The average Bonchev–Trinajstić information content (AvgIpc) is 3.16. The van der Waals surface area contributed by atoms with Gasteiger partial charge >= 0.3 is 0 Å². The van der Waals surface area contributed by atoms with E-state index in [0.717, 1.165) is 42.4 Å². The first kappa shape index (κ1) is 13.2. The van der Waals surface area contributed by atoms with Gasteiger partial charge in [-0.1, -0.05) is 6.07 Å². The Morgan fingerprint density at radius 1 is 1.27 bits per heavy atom. The van der Waals surface area contributed by atoms with Crippen LogP contribution < -0.4 is 10.6 Å². The van der Waals surface area contributed by atoms with Crippen LogP contribution in [0.5, 0.6) is 0 Å². The highest BCUT2D eigenvalue weighted by Gasteiger charge is 2.15. The van der Waals surface area contributed by atoms with Crippen molar-refractivity contribution in [3.05, 3.63) is 42.5 Å². The molecule has 1 aliphatic heterocycles. The maximum Gasteiger partial charge on any atom is 0.145 e. The average molecular weight is 294 g/mol. The number of aryl methyl sites for hydroxylation is 1. The third-order valence-corrected chi connectivity index (χ3v) is 3.96. The molecule has 0 saturated carbocycles. The number of aromatic nitrogens is 4. The largest absolute Gasteiger partial charge is 0.365 e. The molecule has 0 spiro atoms. The molecule has 0 aromatic carbocycles. The van der Waals surface area contributed by atoms with Crippen molar-refractivity contribution in [1.29, 1.82) is 0 Å². The number of fused-ring (bicyclic) bond motifs is 1. The molecule has 0 amide bonds. The first-order valence-electron chi connectivity index (χ1n) is 7.53. The predicted octanol–water partition coefficient (Wildman–Crippen LogP) is 1.87. The van der Waals surface area contributed by atoms with E-state index in [-0.39, 0.29) is 0 Å². The molecule has 0 aliphatic carbocycles. The SMILES string of the molecule is Cc1ccc2ncc(-c3cncc(NC4CCNC4)n3)n2c1. The monoisotopic (exact) mass is 294 g/mol. The molecular formula is C16H18N6. The van der Waals surface area contributed by atoms with Crippen molar-refractivity contribution in [3.63, 3.8) is 0 Å². The van der Waals surface area contributed by atoms with Crippen molar-refractivity contribution in [2.24, 2.45) is 0 Å². The van der Waals surface area contributed by atoms with Crippen molar-refractivity contribution < 1.29 is 0 Å². The van der Waals surface area contributed by atoms with E-state index in [4.69, 9.17) is 4.98 Å². The first-order chi connectivity index (χ1) is 10.8. The second-order valence-corrected chi connectivity index (χ2v) is 5.70. The minimum absolute atomic E-state index is 0.425. The number of hydrogen-bond donors (Lipinski definition) is 2. The Morgan fingerprint density at radius 2 is 2.23 bits per heavy atom. The fourth-order valence-corrected chi connectivity index (χ4v) is 2.82. The summed E-state index contributed by atoms with van der Waals surface area (Å²) < 4.78 is 2.06. The van der Waals surface area contributed by atoms with E-state index in [1.165, 1.54) is 5.56 Å². The fourth-order valence-electron chi connectivity index (χ4n) is 2.82. The zero-order valence-corrected chi connectivity index (χ0v) is 12.5. The molecule has 6 heteroatoms. The molecular weight excluding hydrogens is 276 g/mol. The Kier molecular flexibility index (Phi) is 3.23. The van der Waals surface area contributed by atoms with Gasteiger partial charge in [-0.25, -0.2) is 9.97 Å². The Bertz CT molecular complexity index is 803. The standard InChI is InChI=1S/C16H18N6/c1-11-2-3-16-19-8-14(22(16)10-11)13-7-18-9-15(21-13)20-12-4-5-17-6-12/h2-3,7-10,12,17H,4-6H2,1H3,(H,20,21). The predicted molar refractivity (Wildman–Crippen MR) is 85.9 cm³/mol. The third-order valence-electron chi connectivity index (χ3n) is 3.96. The summed E-state index contributed by atoms with van der Waals surface area (Å²) in [6.45, 7) is 4.10. The van der Waals surface area contributed by atoms with Crippen LogP contribution in [0, 0.1) is 6.92 Å². The van der Waals surface area contributed by atoms with Crippen LogP contribution in [0.2, 0.25) is 0 Å². The number of imidazole rings is 1. The lowest BCUT2D eigenvalue weighted by atomic mass is 10.2. The van der Waals surface area contributed by atoms with Crippen molar-refractivity contribution >= 4 is 11.5 Å². The van der Waals surface area contributed by atoms with Crippen LogP contribution in [-0.4, -0.2) is 38.5 Å². The van der Waals surface area contributed by atoms with Gasteiger partial charge in [0.05, 0.1) is 24.3 Å². The molecule has 3 aromatic heterocycles. The van der Waals surface area contributed by atoms with Crippen LogP contribution in [0.1, 0.15) is 12.0 Å². The highest BCUT2D eigenvalue weighted by Crippen LogP contribution is 2.20. The zero-order chi connectivity index (χ0) is 14.9. The van der Waals surface area contributed by atoms with E-state index in [1.54, 1.807) is 12.4 Å². The molecule has 6 nitrogen and oxygen atoms in total. The summed E-state index contributed by atoms with van der Waals surface area (Å²) in [5.41, 5.74) is 3.89. The Morgan fingerprint density at radius 3 is 3.09 bits per heavy atom. The second kappa shape index (κ2) is 5.38. The van der Waals surface area contributed by atoms with Crippen LogP contribution >= 0.6 is 0 Å². The van der Waals surface area contributed by atoms with Gasteiger partial charge in [0.2, 0.25) is 0 Å². The smallest absolute Gasteiger partial charge is 0.145 e. The van der Waals surface area contributed by atoms with Crippen molar-refractivity contribution in [3.8, 4) is 11.4 Å². The van der Waals surface area contributed by atoms with Crippen molar-refractivity contribution in [1.82, 2.24) is 24.7 Å². The maximum atomic E-state index is 4.70. The van der Waals surface area contributed by atoms with Crippen LogP contribution in [0.25, 0.3) is 17.0 Å². The van der Waals surface area contributed by atoms with Gasteiger partial charge in [0, 0.05) is 18.8 Å². The molecule has 1 unspecified atom stereocenters. The molecule has 112 valence electrons. The first-order valence-corrected chi connectivity index (χ1v) is 7.53. The summed E-state index contributed by atoms with van der Waals surface area (Å²) in [5, 5.41) is 6.78. The lowest BCUT2D eigenvalue weighted by Crippen LogP contribution is -2.22. The number of anilines is 1. The molecule has 4 rings (SSSR count). The van der Waals surface area contributed by atoms with E-state index in [9.17, 15) is 0 Å². The van der Waals surface area contributed by atoms with E-state index in [0.29, 0.717) is 6.04 Å². The molecule has 2 N–H and O–H groups in total. The number of hydrogen-bond acceptors (Lipinski definition) is 5. The van der Waals surface area contributed by atoms with Crippen molar-refractivity contribution in [2.45, 2.75) is 19.4 Å². The number of rotatable bonds is 3.